The van der Waals surface area contributed by atoms with Gasteiger partial charge in [0.15, 0.2) is 5.96 Å². The minimum absolute atomic E-state index is 0.131. The first kappa shape index (κ1) is 21.1. The molecule has 2 aromatic carbocycles. The number of nitrogens with one attached hydrogen (secondary N) is 3. The quantitative estimate of drug-likeness (QED) is 0.500. The highest BCUT2D eigenvalue weighted by Gasteiger charge is 2.10. The van der Waals surface area contributed by atoms with Gasteiger partial charge in [0.1, 0.15) is 5.75 Å². The molecule has 0 radical (unpaired) electrons. The lowest BCUT2D eigenvalue weighted by Gasteiger charge is -2.15. The molecule has 2 aromatic rings. The molecule has 0 atom stereocenters. The van der Waals surface area contributed by atoms with Crippen molar-refractivity contribution in [3.63, 3.8) is 0 Å². The molecule has 2 rings (SSSR count). The largest absolute Gasteiger partial charge is 0.434 e. The van der Waals surface area contributed by atoms with E-state index < -0.39 is 6.61 Å². The van der Waals surface area contributed by atoms with Crippen molar-refractivity contribution in [1.82, 2.24) is 10.6 Å². The van der Waals surface area contributed by atoms with Crippen LogP contribution in [0.25, 0.3) is 0 Å². The Balaban J connectivity index is 1.97. The van der Waals surface area contributed by atoms with Crippen molar-refractivity contribution in [2.75, 3.05) is 12.4 Å². The van der Waals surface area contributed by atoms with Gasteiger partial charge in [0.25, 0.3) is 0 Å². The van der Waals surface area contributed by atoms with Crippen LogP contribution in [-0.2, 0) is 17.9 Å². The van der Waals surface area contributed by atoms with E-state index in [1.807, 2.05) is 25.1 Å². The number of aliphatic imine (C=N–C) groups is 1. The predicted octanol–water partition coefficient (Wildman–Crippen LogP) is 3.42. The molecule has 28 heavy (non-hydrogen) atoms. The van der Waals surface area contributed by atoms with Crippen LogP contribution >= 0.6 is 0 Å². The average Bonchev–Trinajstić information content (AvgIpc) is 2.63. The van der Waals surface area contributed by atoms with E-state index in [9.17, 15) is 13.6 Å². The molecule has 0 bridgehead atoms. The number of halogens is 2. The first-order valence-corrected chi connectivity index (χ1v) is 8.72. The number of benzene rings is 2. The van der Waals surface area contributed by atoms with Gasteiger partial charge in [0.05, 0.1) is 0 Å². The molecule has 0 fully saturated rings. The molecule has 0 aliphatic rings. The van der Waals surface area contributed by atoms with Crippen LogP contribution in [-0.4, -0.2) is 25.5 Å². The Hall–Kier alpha value is -3.16. The lowest BCUT2D eigenvalue weighted by molar-refractivity contribution is -0.114. The van der Waals surface area contributed by atoms with E-state index in [0.717, 1.165) is 11.1 Å². The molecule has 150 valence electrons. The summed E-state index contributed by atoms with van der Waals surface area (Å²) in [6.45, 7) is 1.20. The van der Waals surface area contributed by atoms with Crippen LogP contribution in [0.5, 0.6) is 5.75 Å². The minimum atomic E-state index is -2.88. The lowest BCUT2D eigenvalue weighted by Crippen LogP contribution is -2.36. The van der Waals surface area contributed by atoms with Crippen molar-refractivity contribution in [3.05, 3.63) is 59.2 Å². The fraction of sp³-hybridized carbons (Fsp3) is 0.300. The molecule has 0 saturated carbocycles. The van der Waals surface area contributed by atoms with E-state index in [0.29, 0.717) is 23.8 Å². The summed E-state index contributed by atoms with van der Waals surface area (Å²) in [5.74, 6) is 0.503. The van der Waals surface area contributed by atoms with Crippen LogP contribution in [0.1, 0.15) is 23.6 Å². The van der Waals surface area contributed by atoms with Crippen molar-refractivity contribution in [3.8, 4) is 5.75 Å². The SMILES string of the molecule is CN=C(NCc1cccc(NC(C)=O)c1)NCc1cc(C)ccc1OC(F)F. The van der Waals surface area contributed by atoms with Gasteiger partial charge in [-0.05, 0) is 30.7 Å². The molecule has 1 amide bonds. The Morgan fingerprint density at radius 2 is 1.89 bits per heavy atom. The number of carbonyl (C=O) groups is 1. The second-order valence-electron chi connectivity index (χ2n) is 6.15. The average molecular weight is 390 g/mol. The van der Waals surface area contributed by atoms with Gasteiger partial charge in [-0.3, -0.25) is 9.79 Å². The number of aryl methyl sites for hydroxylation is 1. The first-order valence-electron chi connectivity index (χ1n) is 8.72. The van der Waals surface area contributed by atoms with Crippen LogP contribution in [0, 0.1) is 6.92 Å². The summed E-state index contributed by atoms with van der Waals surface area (Å²) < 4.78 is 29.7. The Labute approximate surface area is 163 Å². The summed E-state index contributed by atoms with van der Waals surface area (Å²) in [6.07, 6.45) is 0. The number of hydrogen-bond acceptors (Lipinski definition) is 3. The molecule has 0 aromatic heterocycles. The third-order valence-corrected chi connectivity index (χ3v) is 3.81. The van der Waals surface area contributed by atoms with Gasteiger partial charge in [0, 0.05) is 38.3 Å². The fourth-order valence-corrected chi connectivity index (χ4v) is 2.60. The van der Waals surface area contributed by atoms with E-state index in [1.54, 1.807) is 25.2 Å². The van der Waals surface area contributed by atoms with E-state index in [1.165, 1.54) is 13.0 Å². The molecule has 0 spiro atoms. The van der Waals surface area contributed by atoms with Gasteiger partial charge in [-0.1, -0.05) is 29.8 Å². The number of ether oxygens (including phenoxy) is 1. The van der Waals surface area contributed by atoms with E-state index >= 15 is 0 Å². The van der Waals surface area contributed by atoms with Crippen LogP contribution in [0.2, 0.25) is 0 Å². The Kier molecular flexibility index (Phi) is 7.74. The second-order valence-corrected chi connectivity index (χ2v) is 6.15. The third kappa shape index (κ3) is 6.86. The summed E-state index contributed by atoms with van der Waals surface area (Å²) in [5, 5.41) is 8.97. The molecule has 6 nitrogen and oxygen atoms in total. The Bertz CT molecular complexity index is 841. The first-order chi connectivity index (χ1) is 13.4. The van der Waals surface area contributed by atoms with Crippen LogP contribution in [0.3, 0.4) is 0 Å². The predicted molar refractivity (Wildman–Crippen MR) is 106 cm³/mol. The molecule has 0 saturated heterocycles. The highest BCUT2D eigenvalue weighted by molar-refractivity contribution is 5.88. The second kappa shape index (κ2) is 10.2. The van der Waals surface area contributed by atoms with Crippen LogP contribution < -0.4 is 20.7 Å². The van der Waals surface area contributed by atoms with E-state index in [2.05, 4.69) is 25.7 Å². The summed E-state index contributed by atoms with van der Waals surface area (Å²) in [6, 6.07) is 12.5. The zero-order chi connectivity index (χ0) is 20.5. The minimum Gasteiger partial charge on any atom is -0.434 e. The number of carbonyl (C=O) groups excluding carboxylic acids is 1. The summed E-state index contributed by atoms with van der Waals surface area (Å²) in [4.78, 5) is 15.3. The molecule has 0 heterocycles. The Morgan fingerprint density at radius 1 is 1.14 bits per heavy atom. The van der Waals surface area contributed by atoms with E-state index in [4.69, 9.17) is 0 Å². The molecule has 3 N–H and O–H groups in total. The molecular weight excluding hydrogens is 366 g/mol. The van der Waals surface area contributed by atoms with Crippen molar-refractivity contribution in [2.45, 2.75) is 33.5 Å². The molecule has 8 heteroatoms. The van der Waals surface area contributed by atoms with Crippen LogP contribution in [0.4, 0.5) is 14.5 Å². The summed E-state index contributed by atoms with van der Waals surface area (Å²) in [5.41, 5.74) is 3.21. The van der Waals surface area contributed by atoms with Gasteiger partial charge in [-0.25, -0.2) is 0 Å². The van der Waals surface area contributed by atoms with Gasteiger partial charge >= 0.3 is 6.61 Å². The maximum atomic E-state index is 12.6. The molecular formula is C20H24F2N4O2. The smallest absolute Gasteiger partial charge is 0.387 e. The topological polar surface area (TPSA) is 74.8 Å². The van der Waals surface area contributed by atoms with Gasteiger partial charge in [-0.2, -0.15) is 8.78 Å². The lowest BCUT2D eigenvalue weighted by atomic mass is 10.1. The third-order valence-electron chi connectivity index (χ3n) is 3.81. The number of guanidine groups is 1. The number of amides is 1. The van der Waals surface area contributed by atoms with Crippen molar-refractivity contribution < 1.29 is 18.3 Å². The van der Waals surface area contributed by atoms with Crippen molar-refractivity contribution in [1.29, 1.82) is 0 Å². The monoisotopic (exact) mass is 390 g/mol. The molecule has 0 aliphatic heterocycles. The van der Waals surface area contributed by atoms with Gasteiger partial charge in [0.2, 0.25) is 5.91 Å². The Morgan fingerprint density at radius 3 is 2.57 bits per heavy atom. The number of anilines is 1. The standard InChI is InChI=1S/C20H24F2N4O2/c1-13-7-8-18(28-19(21)22)16(9-13)12-25-20(23-3)24-11-15-5-4-6-17(10-15)26-14(2)27/h4-10,19H,11-12H2,1-3H3,(H,26,27)(H2,23,24,25). The summed E-state index contributed by atoms with van der Waals surface area (Å²) in [7, 11) is 1.62. The molecule has 0 aliphatic carbocycles. The zero-order valence-electron chi connectivity index (χ0n) is 16.1. The van der Waals surface area contributed by atoms with Crippen LogP contribution in [0.15, 0.2) is 47.5 Å². The number of alkyl halides is 2. The van der Waals surface area contributed by atoms with Crippen molar-refractivity contribution in [2.24, 2.45) is 4.99 Å². The normalized spacial score (nSPS) is 11.3. The fourth-order valence-electron chi connectivity index (χ4n) is 2.60. The maximum absolute atomic E-state index is 12.6. The number of nitrogens with zero attached hydrogens (tertiary/aromatic N) is 1. The molecule has 0 unspecified atom stereocenters. The highest BCUT2D eigenvalue weighted by Crippen LogP contribution is 2.22. The zero-order valence-corrected chi connectivity index (χ0v) is 16.1. The van der Waals surface area contributed by atoms with Crippen molar-refractivity contribution >= 4 is 17.6 Å². The summed E-state index contributed by atoms with van der Waals surface area (Å²) >= 11 is 0. The maximum Gasteiger partial charge on any atom is 0.387 e. The van der Waals surface area contributed by atoms with Gasteiger partial charge < -0.3 is 20.7 Å². The number of hydrogen-bond donors (Lipinski definition) is 3. The highest BCUT2D eigenvalue weighted by atomic mass is 19.3. The van der Waals surface area contributed by atoms with Gasteiger partial charge in [-0.15, -0.1) is 0 Å². The number of rotatable bonds is 7. The van der Waals surface area contributed by atoms with E-state index in [-0.39, 0.29) is 18.2 Å².